The fourth-order valence-corrected chi connectivity index (χ4v) is 3.91. The van der Waals surface area contributed by atoms with Gasteiger partial charge in [0.05, 0.1) is 10.6 Å². The smallest absolute Gasteiger partial charge is 0.152 e. The average Bonchev–Trinajstić information content (AvgIpc) is 2.75. The highest BCUT2D eigenvalue weighted by Crippen LogP contribution is 2.40. The van der Waals surface area contributed by atoms with E-state index in [1.165, 1.54) is 5.56 Å². The molecule has 3 aromatic rings. The number of nitrogens with zero attached hydrogens (tertiary/aromatic N) is 3. The Bertz CT molecular complexity index is 896. The summed E-state index contributed by atoms with van der Waals surface area (Å²) in [5.74, 6) is 0.359. The number of hydrogen-bond acceptors (Lipinski definition) is 5. The summed E-state index contributed by atoms with van der Waals surface area (Å²) in [6.45, 7) is 8.18. The van der Waals surface area contributed by atoms with Crippen molar-refractivity contribution in [2.45, 2.75) is 43.9 Å². The molecule has 4 nitrogen and oxygen atoms in total. The fraction of sp³-hybridized carbons (Fsp3) is 0.360. The molecule has 158 valence electrons. The van der Waals surface area contributed by atoms with Crippen molar-refractivity contribution < 1.29 is 5.11 Å². The van der Waals surface area contributed by atoms with E-state index in [0.717, 1.165) is 47.9 Å². The molecule has 2 aromatic heterocycles. The summed E-state index contributed by atoms with van der Waals surface area (Å²) in [7, 11) is 0. The predicted octanol–water partition coefficient (Wildman–Crippen LogP) is 5.49. The lowest BCUT2D eigenvalue weighted by Crippen LogP contribution is -2.29. The summed E-state index contributed by atoms with van der Waals surface area (Å²) in [6.07, 6.45) is 7.30. The summed E-state index contributed by atoms with van der Waals surface area (Å²) in [5.41, 5.74) is 4.22. The van der Waals surface area contributed by atoms with Gasteiger partial charge in [0.1, 0.15) is 0 Å². The molecule has 1 N–H and O–H groups in total. The molecule has 0 amide bonds. The van der Waals surface area contributed by atoms with Crippen molar-refractivity contribution in [1.82, 2.24) is 9.97 Å². The number of phenolic OH excluding ortho intramolecular Hbond substituents is 1. The van der Waals surface area contributed by atoms with Gasteiger partial charge in [0, 0.05) is 49.7 Å². The Morgan fingerprint density at radius 1 is 0.900 bits per heavy atom. The van der Waals surface area contributed by atoms with Crippen LogP contribution in [-0.2, 0) is 18.3 Å². The Morgan fingerprint density at radius 2 is 1.47 bits per heavy atom. The monoisotopic (exact) mass is 421 g/mol. The second-order valence-electron chi connectivity index (χ2n) is 8.43. The van der Waals surface area contributed by atoms with E-state index in [4.69, 9.17) is 0 Å². The van der Waals surface area contributed by atoms with E-state index >= 15 is 0 Å². The maximum Gasteiger partial charge on any atom is 0.152 e. The highest BCUT2D eigenvalue weighted by molar-refractivity contribution is 7.98. The van der Waals surface area contributed by atoms with E-state index in [-0.39, 0.29) is 5.41 Å². The van der Waals surface area contributed by atoms with Gasteiger partial charge in [0.15, 0.2) is 5.75 Å². The number of aromatic hydroxyl groups is 1. The van der Waals surface area contributed by atoms with Crippen molar-refractivity contribution in [1.29, 1.82) is 0 Å². The molecule has 0 unspecified atom stereocenters. The molecule has 0 aliphatic heterocycles. The normalized spacial score (nSPS) is 11.5. The van der Waals surface area contributed by atoms with E-state index in [1.807, 2.05) is 42.9 Å². The molecule has 0 aliphatic rings. The summed E-state index contributed by atoms with van der Waals surface area (Å²) in [6, 6.07) is 16.3. The molecule has 0 radical (unpaired) electrons. The topological polar surface area (TPSA) is 49.2 Å². The van der Waals surface area contributed by atoms with E-state index in [2.05, 4.69) is 59.9 Å². The minimum absolute atomic E-state index is 0.000567. The molecule has 30 heavy (non-hydrogen) atoms. The van der Waals surface area contributed by atoms with Crippen molar-refractivity contribution in [3.8, 4) is 5.75 Å². The lowest BCUT2D eigenvalue weighted by molar-refractivity contribution is 0.459. The van der Waals surface area contributed by atoms with Crippen LogP contribution < -0.4 is 4.90 Å². The van der Waals surface area contributed by atoms with Crippen LogP contribution in [0.15, 0.2) is 65.8 Å². The largest absolute Gasteiger partial charge is 0.505 e. The molecule has 0 spiro atoms. The number of hydrogen-bond donors (Lipinski definition) is 1. The van der Waals surface area contributed by atoms with Crippen LogP contribution in [0.1, 0.15) is 37.7 Å². The highest BCUT2D eigenvalue weighted by atomic mass is 32.2. The maximum absolute atomic E-state index is 11.1. The average molecular weight is 422 g/mol. The number of phenols is 1. The zero-order chi connectivity index (χ0) is 21.6. The van der Waals surface area contributed by atoms with Gasteiger partial charge in [-0.05, 0) is 53.6 Å². The SMILES string of the molecule is CSc1cc(C(C)(C)C)cc(N(CCc2ccccn2)CCc2ccccn2)c1O. The number of pyridine rings is 2. The van der Waals surface area contributed by atoms with Crippen LogP contribution >= 0.6 is 11.8 Å². The molecule has 0 aliphatic carbocycles. The molecule has 5 heteroatoms. The summed E-state index contributed by atoms with van der Waals surface area (Å²) in [4.78, 5) is 12.1. The van der Waals surface area contributed by atoms with E-state index in [1.54, 1.807) is 11.8 Å². The van der Waals surface area contributed by atoms with Crippen molar-refractivity contribution in [3.63, 3.8) is 0 Å². The predicted molar refractivity (Wildman–Crippen MR) is 127 cm³/mol. The third kappa shape index (κ3) is 5.76. The van der Waals surface area contributed by atoms with Crippen LogP contribution in [0.4, 0.5) is 5.69 Å². The molecule has 0 atom stereocenters. The molecule has 0 saturated carbocycles. The summed E-state index contributed by atoms with van der Waals surface area (Å²) >= 11 is 1.58. The van der Waals surface area contributed by atoms with Crippen LogP contribution in [0, 0.1) is 0 Å². The molecule has 0 saturated heterocycles. The van der Waals surface area contributed by atoms with E-state index < -0.39 is 0 Å². The van der Waals surface area contributed by atoms with Gasteiger partial charge < -0.3 is 10.0 Å². The Morgan fingerprint density at radius 3 is 1.90 bits per heavy atom. The molecular weight excluding hydrogens is 390 g/mol. The maximum atomic E-state index is 11.1. The first-order valence-electron chi connectivity index (χ1n) is 10.3. The van der Waals surface area contributed by atoms with Crippen LogP contribution in [0.3, 0.4) is 0 Å². The zero-order valence-corrected chi connectivity index (χ0v) is 19.1. The first-order valence-corrected chi connectivity index (χ1v) is 11.6. The first-order chi connectivity index (χ1) is 14.4. The van der Waals surface area contributed by atoms with Gasteiger partial charge in [-0.15, -0.1) is 11.8 Å². The van der Waals surface area contributed by atoms with E-state index in [9.17, 15) is 5.11 Å². The first kappa shape index (κ1) is 22.2. The van der Waals surface area contributed by atoms with E-state index in [0.29, 0.717) is 5.75 Å². The molecule has 0 fully saturated rings. The standard InChI is InChI=1S/C25H31N3OS/c1-25(2,3)19-17-22(24(29)23(18-19)30-4)28(15-11-20-9-5-7-13-26-20)16-12-21-10-6-8-14-27-21/h5-10,13-14,17-18,29H,11-12,15-16H2,1-4H3. The summed E-state index contributed by atoms with van der Waals surface area (Å²) in [5, 5.41) is 11.1. The number of benzene rings is 1. The van der Waals surface area contributed by atoms with Crippen LogP contribution in [0.25, 0.3) is 0 Å². The quantitative estimate of drug-likeness (QED) is 0.487. The number of aromatic nitrogens is 2. The Hall–Kier alpha value is -2.53. The van der Waals surface area contributed by atoms with Gasteiger partial charge in [-0.25, -0.2) is 0 Å². The Balaban J connectivity index is 1.93. The second-order valence-corrected chi connectivity index (χ2v) is 9.27. The number of thioether (sulfide) groups is 1. The Labute approximate surface area is 184 Å². The van der Waals surface area contributed by atoms with Crippen molar-refractivity contribution in [2.24, 2.45) is 0 Å². The molecular formula is C25H31N3OS. The van der Waals surface area contributed by atoms with Crippen LogP contribution in [-0.4, -0.2) is 34.4 Å². The second kappa shape index (κ2) is 9.98. The van der Waals surface area contributed by atoms with Gasteiger partial charge in [-0.1, -0.05) is 32.9 Å². The van der Waals surface area contributed by atoms with Crippen LogP contribution in [0.5, 0.6) is 5.75 Å². The minimum Gasteiger partial charge on any atom is -0.505 e. The van der Waals surface area contributed by atoms with Gasteiger partial charge in [0.25, 0.3) is 0 Å². The molecule has 2 heterocycles. The molecule has 1 aromatic carbocycles. The van der Waals surface area contributed by atoms with Gasteiger partial charge in [0.2, 0.25) is 0 Å². The lowest BCUT2D eigenvalue weighted by atomic mass is 9.86. The zero-order valence-electron chi connectivity index (χ0n) is 18.3. The lowest BCUT2D eigenvalue weighted by Gasteiger charge is -2.29. The van der Waals surface area contributed by atoms with Gasteiger partial charge in [-0.2, -0.15) is 0 Å². The van der Waals surface area contributed by atoms with Crippen LogP contribution in [0.2, 0.25) is 0 Å². The summed E-state index contributed by atoms with van der Waals surface area (Å²) < 4.78 is 0. The third-order valence-corrected chi connectivity index (χ3v) is 5.96. The van der Waals surface area contributed by atoms with Crippen molar-refractivity contribution in [3.05, 3.63) is 77.9 Å². The molecule has 3 rings (SSSR count). The van der Waals surface area contributed by atoms with Crippen molar-refractivity contribution >= 4 is 17.4 Å². The van der Waals surface area contributed by atoms with Crippen molar-refractivity contribution in [2.75, 3.05) is 24.2 Å². The molecule has 0 bridgehead atoms. The fourth-order valence-electron chi connectivity index (χ4n) is 3.37. The van der Waals surface area contributed by atoms with Gasteiger partial charge >= 0.3 is 0 Å². The number of rotatable bonds is 8. The highest BCUT2D eigenvalue weighted by Gasteiger charge is 2.21. The Kier molecular flexibility index (Phi) is 7.38. The third-order valence-electron chi connectivity index (χ3n) is 5.21. The number of anilines is 1. The van der Waals surface area contributed by atoms with Gasteiger partial charge in [-0.3, -0.25) is 9.97 Å². The minimum atomic E-state index is 0.000567.